The lowest BCUT2D eigenvalue weighted by atomic mass is 10.2. The van der Waals surface area contributed by atoms with Gasteiger partial charge in [-0.05, 0) is 17.7 Å². The molecule has 1 aromatic heterocycles. The van der Waals surface area contributed by atoms with Crippen LogP contribution in [0, 0.1) is 0 Å². The zero-order valence-corrected chi connectivity index (χ0v) is 12.4. The topological polar surface area (TPSA) is 70.7 Å². The lowest BCUT2D eigenvalue weighted by Gasteiger charge is -2.02. The van der Waals surface area contributed by atoms with Crippen LogP contribution in [0.25, 0.3) is 0 Å². The van der Waals surface area contributed by atoms with Crippen LogP contribution >= 0.6 is 15.9 Å². The van der Waals surface area contributed by atoms with E-state index in [4.69, 9.17) is 0 Å². The third kappa shape index (κ3) is 3.64. The first-order chi connectivity index (χ1) is 9.06. The molecule has 0 unspecified atom stereocenters. The summed E-state index contributed by atoms with van der Waals surface area (Å²) in [6, 6.07) is 7.76. The number of rotatable bonds is 4. The number of carbonyl (C=O) groups excluding carboxylic acids is 1. The molecule has 0 bridgehead atoms. The molecule has 2 aromatic rings. The average Bonchev–Trinajstić information content (AvgIpc) is 2.87. The molecular weight excluding hydrogens is 308 g/mol. The normalized spacial score (nSPS) is 10.7. The molecule has 0 aliphatic rings. The largest absolute Gasteiger partial charge is 0.345 e. The highest BCUT2D eigenvalue weighted by molar-refractivity contribution is 9.10. The third-order valence-corrected chi connectivity index (χ3v) is 3.15. The Hall–Kier alpha value is -1.69. The van der Waals surface area contributed by atoms with Crippen LogP contribution in [0.15, 0.2) is 28.7 Å². The molecule has 0 aliphatic heterocycles. The van der Waals surface area contributed by atoms with Crippen molar-refractivity contribution >= 4 is 21.8 Å². The predicted molar refractivity (Wildman–Crippen MR) is 75.8 cm³/mol. The molecule has 6 heteroatoms. The number of halogens is 1. The molecule has 2 rings (SSSR count). The second-order valence-electron chi connectivity index (χ2n) is 4.51. The number of aromatic nitrogens is 3. The Morgan fingerprint density at radius 3 is 2.63 bits per heavy atom. The number of hydrogen-bond donors (Lipinski definition) is 2. The van der Waals surface area contributed by atoms with E-state index < -0.39 is 0 Å². The van der Waals surface area contributed by atoms with Gasteiger partial charge in [0.2, 0.25) is 5.82 Å². The Balaban J connectivity index is 1.95. The maximum atomic E-state index is 11.9. The summed E-state index contributed by atoms with van der Waals surface area (Å²) in [5, 5.41) is 9.46. The van der Waals surface area contributed by atoms with Gasteiger partial charge in [0.25, 0.3) is 5.91 Å². The van der Waals surface area contributed by atoms with Gasteiger partial charge in [0.05, 0.1) is 0 Å². The molecule has 0 saturated carbocycles. The molecule has 0 radical (unpaired) electrons. The second kappa shape index (κ2) is 5.97. The second-order valence-corrected chi connectivity index (χ2v) is 5.42. The summed E-state index contributed by atoms with van der Waals surface area (Å²) < 4.78 is 1.01. The van der Waals surface area contributed by atoms with Gasteiger partial charge in [0.1, 0.15) is 5.82 Å². The van der Waals surface area contributed by atoms with Crippen molar-refractivity contribution in [3.05, 3.63) is 46.0 Å². The summed E-state index contributed by atoms with van der Waals surface area (Å²) in [6.45, 7) is 4.44. The van der Waals surface area contributed by atoms with E-state index >= 15 is 0 Å². The number of nitrogens with zero attached hydrogens (tertiary/aromatic N) is 2. The van der Waals surface area contributed by atoms with Crippen molar-refractivity contribution in [3.8, 4) is 0 Å². The summed E-state index contributed by atoms with van der Waals surface area (Å²) >= 11 is 3.37. The number of benzene rings is 1. The first kappa shape index (κ1) is 13.7. The molecule has 0 saturated heterocycles. The molecule has 0 fully saturated rings. The summed E-state index contributed by atoms with van der Waals surface area (Å²) in [5.41, 5.74) is 1.02. The number of H-pyrrole nitrogens is 1. The molecule has 1 heterocycles. The summed E-state index contributed by atoms with van der Waals surface area (Å²) in [6.07, 6.45) is 0. The molecule has 19 heavy (non-hydrogen) atoms. The van der Waals surface area contributed by atoms with Gasteiger partial charge in [-0.1, -0.05) is 41.9 Å². The monoisotopic (exact) mass is 322 g/mol. The summed E-state index contributed by atoms with van der Waals surface area (Å²) in [5.74, 6) is 0.848. The van der Waals surface area contributed by atoms with Gasteiger partial charge >= 0.3 is 0 Å². The maximum absolute atomic E-state index is 11.9. The first-order valence-electron chi connectivity index (χ1n) is 6.01. The minimum absolute atomic E-state index is 0.181. The number of hydrogen-bond acceptors (Lipinski definition) is 3. The molecule has 0 aliphatic carbocycles. The van der Waals surface area contributed by atoms with Gasteiger partial charge in [-0.15, -0.1) is 5.10 Å². The standard InChI is InChI=1S/C13H15BrN4O/c1-8(2)11-16-12(18-17-11)13(19)15-7-9-3-5-10(14)6-4-9/h3-6,8H,7H2,1-2H3,(H,15,19)(H,16,17,18). The first-order valence-corrected chi connectivity index (χ1v) is 6.80. The summed E-state index contributed by atoms with van der Waals surface area (Å²) in [7, 11) is 0. The molecule has 0 atom stereocenters. The van der Waals surface area contributed by atoms with Crippen LogP contribution in [0.2, 0.25) is 0 Å². The van der Waals surface area contributed by atoms with E-state index in [9.17, 15) is 4.79 Å². The number of nitrogens with one attached hydrogen (secondary N) is 2. The fourth-order valence-electron chi connectivity index (χ4n) is 1.50. The van der Waals surface area contributed by atoms with E-state index in [-0.39, 0.29) is 17.6 Å². The van der Waals surface area contributed by atoms with E-state index in [1.165, 1.54) is 0 Å². The van der Waals surface area contributed by atoms with Crippen LogP contribution in [-0.2, 0) is 6.54 Å². The van der Waals surface area contributed by atoms with Gasteiger partial charge in [-0.3, -0.25) is 9.89 Å². The molecule has 5 nitrogen and oxygen atoms in total. The minimum Gasteiger partial charge on any atom is -0.345 e. The van der Waals surface area contributed by atoms with Crippen LogP contribution in [0.1, 0.15) is 41.8 Å². The lowest BCUT2D eigenvalue weighted by molar-refractivity contribution is 0.0941. The van der Waals surface area contributed by atoms with Crippen molar-refractivity contribution in [3.63, 3.8) is 0 Å². The smallest absolute Gasteiger partial charge is 0.291 e. The van der Waals surface area contributed by atoms with Gasteiger partial charge in [0, 0.05) is 16.9 Å². The quantitative estimate of drug-likeness (QED) is 0.909. The lowest BCUT2D eigenvalue weighted by Crippen LogP contribution is -2.24. The number of carbonyl (C=O) groups is 1. The van der Waals surface area contributed by atoms with Crippen molar-refractivity contribution in [2.45, 2.75) is 26.3 Å². The van der Waals surface area contributed by atoms with E-state index in [0.717, 1.165) is 10.0 Å². The highest BCUT2D eigenvalue weighted by Crippen LogP contribution is 2.10. The molecule has 2 N–H and O–H groups in total. The Morgan fingerprint density at radius 1 is 1.37 bits per heavy atom. The molecule has 1 amide bonds. The Kier molecular flexibility index (Phi) is 4.31. The van der Waals surface area contributed by atoms with Crippen molar-refractivity contribution in [1.82, 2.24) is 20.5 Å². The highest BCUT2D eigenvalue weighted by atomic mass is 79.9. The fourth-order valence-corrected chi connectivity index (χ4v) is 1.76. The zero-order valence-electron chi connectivity index (χ0n) is 10.8. The Morgan fingerprint density at radius 2 is 2.05 bits per heavy atom. The zero-order chi connectivity index (χ0) is 13.8. The minimum atomic E-state index is -0.272. The molecule has 1 aromatic carbocycles. The van der Waals surface area contributed by atoms with Crippen molar-refractivity contribution in [2.75, 3.05) is 0 Å². The van der Waals surface area contributed by atoms with Crippen LogP contribution in [0.5, 0.6) is 0 Å². The van der Waals surface area contributed by atoms with E-state index in [0.29, 0.717) is 12.4 Å². The number of aromatic amines is 1. The molecular formula is C13H15BrN4O. The van der Waals surface area contributed by atoms with Crippen molar-refractivity contribution in [1.29, 1.82) is 0 Å². The fraction of sp³-hybridized carbons (Fsp3) is 0.308. The van der Waals surface area contributed by atoms with Crippen molar-refractivity contribution in [2.24, 2.45) is 0 Å². The maximum Gasteiger partial charge on any atom is 0.291 e. The van der Waals surface area contributed by atoms with Crippen LogP contribution in [-0.4, -0.2) is 21.1 Å². The van der Waals surface area contributed by atoms with Crippen LogP contribution in [0.4, 0.5) is 0 Å². The SMILES string of the molecule is CC(C)c1nc(C(=O)NCc2ccc(Br)cc2)n[nH]1. The summed E-state index contributed by atoms with van der Waals surface area (Å²) in [4.78, 5) is 16.0. The Labute approximate surface area is 120 Å². The number of amides is 1. The van der Waals surface area contributed by atoms with Crippen LogP contribution in [0.3, 0.4) is 0 Å². The third-order valence-electron chi connectivity index (χ3n) is 2.62. The highest BCUT2D eigenvalue weighted by Gasteiger charge is 2.13. The van der Waals surface area contributed by atoms with E-state index in [1.54, 1.807) is 0 Å². The predicted octanol–water partition coefficient (Wildman–Crippen LogP) is 2.62. The van der Waals surface area contributed by atoms with E-state index in [1.807, 2.05) is 38.1 Å². The van der Waals surface area contributed by atoms with Crippen molar-refractivity contribution < 1.29 is 4.79 Å². The molecule has 0 spiro atoms. The van der Waals surface area contributed by atoms with Crippen LogP contribution < -0.4 is 5.32 Å². The van der Waals surface area contributed by atoms with E-state index in [2.05, 4.69) is 36.4 Å². The van der Waals surface area contributed by atoms with Gasteiger partial charge in [0.15, 0.2) is 0 Å². The van der Waals surface area contributed by atoms with Gasteiger partial charge in [-0.25, -0.2) is 4.98 Å². The average molecular weight is 323 g/mol. The van der Waals surface area contributed by atoms with Gasteiger partial charge in [-0.2, -0.15) is 0 Å². The Bertz CT molecular complexity index is 562. The molecule has 100 valence electrons. The van der Waals surface area contributed by atoms with Gasteiger partial charge < -0.3 is 5.32 Å².